The van der Waals surface area contributed by atoms with E-state index in [0.29, 0.717) is 29.8 Å². The van der Waals surface area contributed by atoms with Crippen molar-refractivity contribution in [2.24, 2.45) is 0 Å². The van der Waals surface area contributed by atoms with Gasteiger partial charge in [-0.15, -0.1) is 0 Å². The van der Waals surface area contributed by atoms with Gasteiger partial charge in [-0.3, -0.25) is 24.9 Å². The summed E-state index contributed by atoms with van der Waals surface area (Å²) in [6, 6.07) is 11.4. The van der Waals surface area contributed by atoms with Crippen molar-refractivity contribution in [1.82, 2.24) is 10.4 Å². The van der Waals surface area contributed by atoms with Crippen LogP contribution in [-0.2, 0) is 21.6 Å². The van der Waals surface area contributed by atoms with Crippen molar-refractivity contribution >= 4 is 17.5 Å². The molecule has 1 saturated heterocycles. The summed E-state index contributed by atoms with van der Waals surface area (Å²) in [6.45, 7) is 5.53. The molecule has 0 aliphatic carbocycles. The largest absolute Gasteiger partial charge is 0.489 e. The van der Waals surface area contributed by atoms with Gasteiger partial charge >= 0.3 is 0 Å². The number of hydroxylamine groups is 1. The molecule has 0 aromatic heterocycles. The Hall–Kier alpha value is -3.46. The molecule has 2 N–H and O–H groups in total. The van der Waals surface area contributed by atoms with Crippen molar-refractivity contribution in [3.05, 3.63) is 69.3 Å². The van der Waals surface area contributed by atoms with Crippen LogP contribution in [0, 0.1) is 17.0 Å². The van der Waals surface area contributed by atoms with Gasteiger partial charge in [0.25, 0.3) is 11.6 Å². The molecule has 2 aromatic carbocycles. The summed E-state index contributed by atoms with van der Waals surface area (Å²) in [4.78, 5) is 37.1. The van der Waals surface area contributed by atoms with Gasteiger partial charge < -0.3 is 9.64 Å². The fourth-order valence-electron chi connectivity index (χ4n) is 3.92. The zero-order valence-electron chi connectivity index (χ0n) is 17.6. The second kappa shape index (κ2) is 8.73. The summed E-state index contributed by atoms with van der Waals surface area (Å²) < 4.78 is 5.74. The number of para-hydroxylation sites is 1. The average Bonchev–Trinajstić information content (AvgIpc) is 3.06. The van der Waals surface area contributed by atoms with Crippen molar-refractivity contribution in [3.8, 4) is 5.75 Å². The lowest BCUT2D eigenvalue weighted by Crippen LogP contribution is -2.47. The Bertz CT molecular complexity index is 1010. The first-order chi connectivity index (χ1) is 14.7. The van der Waals surface area contributed by atoms with Gasteiger partial charge in [0.05, 0.1) is 15.9 Å². The number of amides is 2. The van der Waals surface area contributed by atoms with E-state index < -0.39 is 22.3 Å². The standard InChI is InChI=1S/C22H25N3O6/c1-14-5-4-6-16(19(14)25(29)30)13-31-18-9-7-17(8-10-18)22(3)11-12-24(21(22)27)15(2)20(26)23-28/h4-10,15,28H,11-13H2,1-3H3,(H,23,26). The molecule has 31 heavy (non-hydrogen) atoms. The molecule has 2 amide bonds. The third kappa shape index (κ3) is 4.22. The minimum atomic E-state index is -0.794. The first kappa shape index (κ1) is 22.2. The number of hydrogen-bond acceptors (Lipinski definition) is 6. The van der Waals surface area contributed by atoms with Crippen molar-refractivity contribution in [2.75, 3.05) is 6.54 Å². The Morgan fingerprint density at radius 3 is 2.61 bits per heavy atom. The highest BCUT2D eigenvalue weighted by Crippen LogP contribution is 2.37. The number of nitro groups is 1. The number of benzene rings is 2. The van der Waals surface area contributed by atoms with E-state index in [-0.39, 0.29) is 18.2 Å². The van der Waals surface area contributed by atoms with E-state index in [9.17, 15) is 19.7 Å². The van der Waals surface area contributed by atoms with E-state index in [4.69, 9.17) is 9.94 Å². The number of nitro benzene ring substituents is 1. The molecule has 2 aromatic rings. The maximum absolute atomic E-state index is 13.0. The number of likely N-dealkylation sites (tertiary alicyclic amines) is 1. The van der Waals surface area contributed by atoms with Gasteiger partial charge in [-0.25, -0.2) is 5.48 Å². The number of carbonyl (C=O) groups is 2. The van der Waals surface area contributed by atoms with Crippen LogP contribution in [0.1, 0.15) is 37.0 Å². The number of ether oxygens (including phenoxy) is 1. The Morgan fingerprint density at radius 1 is 1.32 bits per heavy atom. The molecular weight excluding hydrogens is 402 g/mol. The monoisotopic (exact) mass is 427 g/mol. The van der Waals surface area contributed by atoms with Gasteiger partial charge in [-0.2, -0.15) is 0 Å². The summed E-state index contributed by atoms with van der Waals surface area (Å²) in [5, 5.41) is 20.2. The zero-order valence-corrected chi connectivity index (χ0v) is 17.6. The van der Waals surface area contributed by atoms with Gasteiger partial charge in [-0.05, 0) is 51.0 Å². The maximum atomic E-state index is 13.0. The number of rotatable bonds is 7. The highest BCUT2D eigenvalue weighted by atomic mass is 16.6. The highest BCUT2D eigenvalue weighted by Gasteiger charge is 2.46. The van der Waals surface area contributed by atoms with Crippen molar-refractivity contribution in [2.45, 2.75) is 45.3 Å². The lowest BCUT2D eigenvalue weighted by atomic mass is 9.81. The van der Waals surface area contributed by atoms with Crippen LogP contribution in [-0.4, -0.2) is 39.4 Å². The van der Waals surface area contributed by atoms with E-state index in [0.717, 1.165) is 5.56 Å². The number of nitrogens with one attached hydrogen (secondary N) is 1. The van der Waals surface area contributed by atoms with Gasteiger partial charge in [0.1, 0.15) is 18.4 Å². The maximum Gasteiger partial charge on any atom is 0.278 e. The normalized spacial score (nSPS) is 19.2. The van der Waals surface area contributed by atoms with Crippen LogP contribution in [0.15, 0.2) is 42.5 Å². The molecule has 1 aliphatic rings. The van der Waals surface area contributed by atoms with E-state index >= 15 is 0 Å². The third-order valence-corrected chi connectivity index (χ3v) is 5.93. The van der Waals surface area contributed by atoms with E-state index in [2.05, 4.69) is 0 Å². The van der Waals surface area contributed by atoms with Gasteiger partial charge in [0.2, 0.25) is 5.91 Å². The lowest BCUT2D eigenvalue weighted by molar-refractivity contribution is -0.386. The minimum absolute atomic E-state index is 0.0457. The summed E-state index contributed by atoms with van der Waals surface area (Å²) in [5.41, 5.74) is 2.68. The molecule has 164 valence electrons. The van der Waals surface area contributed by atoms with Gasteiger partial charge in [-0.1, -0.05) is 24.3 Å². The minimum Gasteiger partial charge on any atom is -0.489 e. The van der Waals surface area contributed by atoms with Crippen molar-refractivity contribution < 1.29 is 24.5 Å². The smallest absolute Gasteiger partial charge is 0.278 e. The molecule has 2 unspecified atom stereocenters. The Morgan fingerprint density at radius 2 is 2.00 bits per heavy atom. The third-order valence-electron chi connectivity index (χ3n) is 5.93. The topological polar surface area (TPSA) is 122 Å². The van der Waals surface area contributed by atoms with Crippen LogP contribution < -0.4 is 10.2 Å². The molecule has 0 radical (unpaired) electrons. The van der Waals surface area contributed by atoms with Crippen LogP contribution >= 0.6 is 0 Å². The molecule has 9 nitrogen and oxygen atoms in total. The number of aryl methyl sites for hydroxylation is 1. The quantitative estimate of drug-likeness (QED) is 0.398. The van der Waals surface area contributed by atoms with Crippen LogP contribution in [0.5, 0.6) is 5.75 Å². The fraction of sp³-hybridized carbons (Fsp3) is 0.364. The predicted molar refractivity (Wildman–Crippen MR) is 112 cm³/mol. The predicted octanol–water partition coefficient (Wildman–Crippen LogP) is 2.87. The number of nitrogens with zero attached hydrogens (tertiary/aromatic N) is 2. The second-order valence-corrected chi connectivity index (χ2v) is 7.89. The molecule has 0 bridgehead atoms. The van der Waals surface area contributed by atoms with Crippen LogP contribution in [0.25, 0.3) is 0 Å². The second-order valence-electron chi connectivity index (χ2n) is 7.89. The first-order valence-electron chi connectivity index (χ1n) is 9.90. The van der Waals surface area contributed by atoms with Crippen molar-refractivity contribution in [1.29, 1.82) is 0 Å². The van der Waals surface area contributed by atoms with Crippen LogP contribution in [0.4, 0.5) is 5.69 Å². The molecule has 1 fully saturated rings. The zero-order chi connectivity index (χ0) is 22.8. The molecule has 1 heterocycles. The number of hydrogen-bond donors (Lipinski definition) is 2. The lowest BCUT2D eigenvalue weighted by Gasteiger charge is -2.27. The van der Waals surface area contributed by atoms with E-state index in [1.807, 2.05) is 6.92 Å². The summed E-state index contributed by atoms with van der Waals surface area (Å²) in [6.07, 6.45) is 0.532. The highest BCUT2D eigenvalue weighted by molar-refractivity contribution is 5.94. The molecular formula is C22H25N3O6. The molecule has 2 atom stereocenters. The first-order valence-corrected chi connectivity index (χ1v) is 9.90. The molecule has 0 spiro atoms. The SMILES string of the molecule is Cc1cccc(COc2ccc(C3(C)CCN(C(C)C(=O)NO)C3=O)cc2)c1[N+](=O)[O-]. The van der Waals surface area contributed by atoms with E-state index in [1.165, 1.54) is 4.90 Å². The fourth-order valence-corrected chi connectivity index (χ4v) is 3.92. The molecule has 9 heteroatoms. The summed E-state index contributed by atoms with van der Waals surface area (Å²) >= 11 is 0. The van der Waals surface area contributed by atoms with E-state index in [1.54, 1.807) is 61.8 Å². The molecule has 0 saturated carbocycles. The van der Waals surface area contributed by atoms with Crippen LogP contribution in [0.2, 0.25) is 0 Å². The Balaban J connectivity index is 1.73. The average molecular weight is 427 g/mol. The Labute approximate surface area is 179 Å². The van der Waals surface area contributed by atoms with Crippen molar-refractivity contribution in [3.63, 3.8) is 0 Å². The summed E-state index contributed by atoms with van der Waals surface area (Å²) in [5.74, 6) is -0.294. The van der Waals surface area contributed by atoms with Gasteiger partial charge in [0, 0.05) is 12.1 Å². The molecule has 3 rings (SSSR count). The summed E-state index contributed by atoms with van der Waals surface area (Å²) in [7, 11) is 0. The van der Waals surface area contributed by atoms with Gasteiger partial charge in [0.15, 0.2) is 0 Å². The Kier molecular flexibility index (Phi) is 6.26. The number of carbonyl (C=O) groups excluding carboxylic acids is 2. The molecule has 1 aliphatic heterocycles. The van der Waals surface area contributed by atoms with Crippen LogP contribution in [0.3, 0.4) is 0 Å².